The Bertz CT molecular complexity index is 936. The van der Waals surface area contributed by atoms with E-state index in [-0.39, 0.29) is 0 Å². The fourth-order valence-corrected chi connectivity index (χ4v) is 4.50. The van der Waals surface area contributed by atoms with E-state index in [1.54, 1.807) is 5.57 Å². The van der Waals surface area contributed by atoms with E-state index in [0.717, 1.165) is 0 Å². The van der Waals surface area contributed by atoms with Crippen LogP contribution < -0.4 is 0 Å². The molecule has 0 nitrogen and oxygen atoms in total. The van der Waals surface area contributed by atoms with E-state index in [1.165, 1.54) is 27.8 Å². The van der Waals surface area contributed by atoms with Gasteiger partial charge < -0.3 is 0 Å². The van der Waals surface area contributed by atoms with Crippen LogP contribution in [-0.2, 0) is 0 Å². The van der Waals surface area contributed by atoms with Crippen LogP contribution in [-0.4, -0.2) is 0 Å². The SMILES string of the molecule is CC1C=CC(C2C=Cc3ccccc32)=C1C1C=Cc2ccccc21. The number of benzene rings is 2. The van der Waals surface area contributed by atoms with Gasteiger partial charge in [-0.3, -0.25) is 0 Å². The summed E-state index contributed by atoms with van der Waals surface area (Å²) >= 11 is 0. The van der Waals surface area contributed by atoms with Gasteiger partial charge in [-0.25, -0.2) is 0 Å². The van der Waals surface area contributed by atoms with E-state index in [0.29, 0.717) is 17.8 Å². The molecule has 2 aromatic carbocycles. The van der Waals surface area contributed by atoms with Crippen LogP contribution in [0.25, 0.3) is 12.2 Å². The molecule has 0 heterocycles. The maximum Gasteiger partial charge on any atom is 0.0278 e. The third-order valence-electron chi connectivity index (χ3n) is 5.66. The van der Waals surface area contributed by atoms with E-state index < -0.39 is 0 Å². The van der Waals surface area contributed by atoms with Crippen molar-refractivity contribution in [3.05, 3.63) is 106 Å². The summed E-state index contributed by atoms with van der Waals surface area (Å²) in [5, 5.41) is 0. The molecule has 3 atom stereocenters. The first-order chi connectivity index (χ1) is 11.8. The van der Waals surface area contributed by atoms with Crippen molar-refractivity contribution in [1.29, 1.82) is 0 Å². The molecule has 5 rings (SSSR count). The molecule has 0 aliphatic heterocycles. The molecule has 0 heteroatoms. The lowest BCUT2D eigenvalue weighted by Crippen LogP contribution is -2.08. The minimum Gasteiger partial charge on any atom is -0.0773 e. The van der Waals surface area contributed by atoms with Gasteiger partial charge in [-0.1, -0.05) is 91.9 Å². The number of hydrogen-bond donors (Lipinski definition) is 0. The second-order valence-corrected chi connectivity index (χ2v) is 6.99. The highest BCUT2D eigenvalue weighted by Gasteiger charge is 2.32. The second kappa shape index (κ2) is 5.21. The predicted molar refractivity (Wildman–Crippen MR) is 102 cm³/mol. The average Bonchev–Trinajstić information content (AvgIpc) is 3.31. The van der Waals surface area contributed by atoms with Gasteiger partial charge in [-0.2, -0.15) is 0 Å². The summed E-state index contributed by atoms with van der Waals surface area (Å²) in [6.45, 7) is 2.33. The summed E-state index contributed by atoms with van der Waals surface area (Å²) in [6.07, 6.45) is 14.1. The van der Waals surface area contributed by atoms with E-state index in [1.807, 2.05) is 0 Å². The lowest BCUT2D eigenvalue weighted by Gasteiger charge is -2.22. The molecular weight excluding hydrogens is 288 g/mol. The lowest BCUT2D eigenvalue weighted by molar-refractivity contribution is 0.779. The fraction of sp³-hybridized carbons (Fsp3) is 0.167. The maximum absolute atomic E-state index is 2.38. The lowest BCUT2D eigenvalue weighted by atomic mass is 9.81. The average molecular weight is 308 g/mol. The summed E-state index contributed by atoms with van der Waals surface area (Å²) in [6, 6.07) is 17.6. The largest absolute Gasteiger partial charge is 0.0773 e. The van der Waals surface area contributed by atoms with Crippen LogP contribution >= 0.6 is 0 Å². The molecule has 0 fully saturated rings. The molecule has 0 aromatic heterocycles. The van der Waals surface area contributed by atoms with Crippen molar-refractivity contribution < 1.29 is 0 Å². The van der Waals surface area contributed by atoms with Crippen LogP contribution in [0.4, 0.5) is 0 Å². The van der Waals surface area contributed by atoms with E-state index in [2.05, 4.69) is 91.9 Å². The van der Waals surface area contributed by atoms with Crippen molar-refractivity contribution >= 4 is 12.2 Å². The van der Waals surface area contributed by atoms with Crippen LogP contribution in [0.2, 0.25) is 0 Å². The van der Waals surface area contributed by atoms with Gasteiger partial charge in [0.15, 0.2) is 0 Å². The third-order valence-corrected chi connectivity index (χ3v) is 5.66. The summed E-state index contributed by atoms with van der Waals surface area (Å²) < 4.78 is 0. The second-order valence-electron chi connectivity index (χ2n) is 6.99. The van der Waals surface area contributed by atoms with Crippen LogP contribution in [0.3, 0.4) is 0 Å². The molecule has 2 aromatic rings. The minimum atomic E-state index is 0.401. The standard InChI is InChI=1S/C24H20/c1-16-10-13-23(21-14-11-17-6-2-4-8-19(17)21)24(16)22-15-12-18-7-3-5-9-20(18)22/h2-16,21-22H,1H3. The molecule has 0 spiro atoms. The maximum atomic E-state index is 2.38. The van der Waals surface area contributed by atoms with Gasteiger partial charge in [-0.05, 0) is 39.3 Å². The monoisotopic (exact) mass is 308 g/mol. The Morgan fingerprint density at radius 3 is 1.92 bits per heavy atom. The number of hydrogen-bond acceptors (Lipinski definition) is 0. The number of fused-ring (bicyclic) bond motifs is 2. The molecule has 0 bridgehead atoms. The van der Waals surface area contributed by atoms with E-state index >= 15 is 0 Å². The molecular formula is C24H20. The first-order valence-corrected chi connectivity index (χ1v) is 8.79. The first-order valence-electron chi connectivity index (χ1n) is 8.79. The molecule has 0 saturated carbocycles. The highest BCUT2D eigenvalue weighted by Crippen LogP contribution is 2.48. The molecule has 0 N–H and O–H groups in total. The van der Waals surface area contributed by atoms with Gasteiger partial charge in [0, 0.05) is 11.8 Å². The first kappa shape index (κ1) is 13.8. The quantitative estimate of drug-likeness (QED) is 0.628. The Morgan fingerprint density at radius 2 is 1.21 bits per heavy atom. The summed E-state index contributed by atoms with van der Waals surface area (Å²) in [5.41, 5.74) is 8.70. The third kappa shape index (κ3) is 1.93. The predicted octanol–water partition coefficient (Wildman–Crippen LogP) is 6.11. The molecule has 0 radical (unpaired) electrons. The molecule has 0 saturated heterocycles. The normalized spacial score (nSPS) is 26.3. The Balaban J connectivity index is 1.64. The fourth-order valence-electron chi connectivity index (χ4n) is 4.50. The van der Waals surface area contributed by atoms with Gasteiger partial charge in [0.25, 0.3) is 0 Å². The number of allylic oxidation sites excluding steroid dienone is 6. The Labute approximate surface area is 143 Å². The van der Waals surface area contributed by atoms with Gasteiger partial charge in [0.1, 0.15) is 0 Å². The Hall–Kier alpha value is -2.60. The Morgan fingerprint density at radius 1 is 0.625 bits per heavy atom. The van der Waals surface area contributed by atoms with Gasteiger partial charge in [0.05, 0.1) is 0 Å². The highest BCUT2D eigenvalue weighted by molar-refractivity contribution is 5.70. The molecule has 24 heavy (non-hydrogen) atoms. The summed E-state index contributed by atoms with van der Waals surface area (Å²) in [4.78, 5) is 0. The van der Waals surface area contributed by atoms with E-state index in [4.69, 9.17) is 0 Å². The topological polar surface area (TPSA) is 0 Å². The summed E-state index contributed by atoms with van der Waals surface area (Å²) in [7, 11) is 0. The van der Waals surface area contributed by atoms with E-state index in [9.17, 15) is 0 Å². The van der Waals surface area contributed by atoms with Crippen LogP contribution in [0.5, 0.6) is 0 Å². The molecule has 116 valence electrons. The van der Waals surface area contributed by atoms with Gasteiger partial charge in [-0.15, -0.1) is 0 Å². The van der Waals surface area contributed by atoms with Crippen molar-refractivity contribution in [3.8, 4) is 0 Å². The van der Waals surface area contributed by atoms with Crippen LogP contribution in [0, 0.1) is 5.92 Å². The minimum absolute atomic E-state index is 0.401. The zero-order valence-electron chi connectivity index (χ0n) is 13.8. The highest BCUT2D eigenvalue weighted by atomic mass is 14.4. The molecule has 3 aliphatic carbocycles. The van der Waals surface area contributed by atoms with Crippen molar-refractivity contribution in [3.63, 3.8) is 0 Å². The zero-order valence-corrected chi connectivity index (χ0v) is 13.8. The van der Waals surface area contributed by atoms with Crippen LogP contribution in [0.15, 0.2) is 84.0 Å². The van der Waals surface area contributed by atoms with Crippen molar-refractivity contribution in [2.75, 3.05) is 0 Å². The summed E-state index contributed by atoms with van der Waals surface area (Å²) in [5.74, 6) is 1.32. The molecule has 3 unspecified atom stereocenters. The van der Waals surface area contributed by atoms with Gasteiger partial charge >= 0.3 is 0 Å². The van der Waals surface area contributed by atoms with Crippen molar-refractivity contribution in [2.24, 2.45) is 5.92 Å². The molecule has 3 aliphatic rings. The smallest absolute Gasteiger partial charge is 0.0278 e. The van der Waals surface area contributed by atoms with Crippen LogP contribution in [0.1, 0.15) is 41.0 Å². The molecule has 0 amide bonds. The van der Waals surface area contributed by atoms with Crippen molar-refractivity contribution in [1.82, 2.24) is 0 Å². The van der Waals surface area contributed by atoms with Crippen molar-refractivity contribution in [2.45, 2.75) is 18.8 Å². The zero-order chi connectivity index (χ0) is 16.1. The number of rotatable bonds is 2. The van der Waals surface area contributed by atoms with Gasteiger partial charge in [0.2, 0.25) is 0 Å². The Kier molecular flexibility index (Phi) is 2.99.